The molecule has 0 heterocycles. The number of urea groups is 1. The fourth-order valence-corrected chi connectivity index (χ4v) is 3.37. The van der Waals surface area contributed by atoms with E-state index in [1.807, 2.05) is 0 Å². The van der Waals surface area contributed by atoms with E-state index in [-0.39, 0.29) is 21.3 Å². The Morgan fingerprint density at radius 2 is 1.48 bits per heavy atom. The van der Waals surface area contributed by atoms with Crippen molar-refractivity contribution in [2.45, 2.75) is 26.3 Å². The van der Waals surface area contributed by atoms with Gasteiger partial charge in [-0.25, -0.2) is 23.6 Å². The highest BCUT2D eigenvalue weighted by Gasteiger charge is 2.35. The summed E-state index contributed by atoms with van der Waals surface area (Å²) in [5.41, 5.74) is -0.914. The van der Waals surface area contributed by atoms with Gasteiger partial charge in [-0.05, 0) is 51.1 Å². The number of rotatable bonds is 2. The highest BCUT2D eigenvalue weighted by Crippen LogP contribution is 2.26. The smallest absolute Gasteiger partial charge is 0.293 e. The summed E-state index contributed by atoms with van der Waals surface area (Å²) in [5, 5.41) is 2.78. The van der Waals surface area contributed by atoms with Gasteiger partial charge in [0, 0.05) is 35.8 Å². The second-order valence-corrected chi connectivity index (χ2v) is 8.28. The monoisotopic (exact) mass is 443 g/mol. The maximum Gasteiger partial charge on any atom is 0.342 e. The molecule has 5 nitrogen and oxygen atoms in total. The van der Waals surface area contributed by atoms with Gasteiger partial charge in [-0.1, -0.05) is 23.2 Å². The molecule has 0 N–H and O–H groups in total. The van der Waals surface area contributed by atoms with Crippen molar-refractivity contribution in [2.75, 3.05) is 19.0 Å². The van der Waals surface area contributed by atoms with Gasteiger partial charge in [0.2, 0.25) is 0 Å². The van der Waals surface area contributed by atoms with E-state index in [4.69, 9.17) is 23.2 Å². The maximum absolute atomic E-state index is 14.1. The fraction of sp³-hybridized carbons (Fsp3) is 0.300. The first-order chi connectivity index (χ1) is 13.3. The normalized spacial score (nSPS) is 11.2. The van der Waals surface area contributed by atoms with E-state index in [2.05, 4.69) is 0 Å². The number of carbonyl (C=O) groups is 2. The van der Waals surface area contributed by atoms with Crippen LogP contribution in [0.15, 0.2) is 36.4 Å². The van der Waals surface area contributed by atoms with Crippen molar-refractivity contribution in [3.05, 3.63) is 63.6 Å². The molecule has 2 rings (SSSR count). The van der Waals surface area contributed by atoms with Crippen molar-refractivity contribution in [2.24, 2.45) is 0 Å². The lowest BCUT2D eigenvalue weighted by Gasteiger charge is -2.42. The van der Waals surface area contributed by atoms with Crippen LogP contribution in [-0.4, -0.2) is 41.6 Å². The molecular formula is C20H21Cl2F2N3O2. The van der Waals surface area contributed by atoms with Crippen LogP contribution < -0.4 is 4.90 Å². The van der Waals surface area contributed by atoms with Crippen molar-refractivity contribution >= 4 is 40.8 Å². The summed E-state index contributed by atoms with van der Waals surface area (Å²) >= 11 is 12.0. The third-order valence-electron chi connectivity index (χ3n) is 4.07. The molecular weight excluding hydrogens is 423 g/mol. The van der Waals surface area contributed by atoms with Gasteiger partial charge >= 0.3 is 6.03 Å². The topological polar surface area (TPSA) is 43.9 Å². The molecule has 0 atom stereocenters. The van der Waals surface area contributed by atoms with E-state index in [0.717, 1.165) is 28.1 Å². The molecule has 3 amide bonds. The summed E-state index contributed by atoms with van der Waals surface area (Å²) in [6.07, 6.45) is 0. The maximum atomic E-state index is 14.1. The first-order valence-corrected chi connectivity index (χ1v) is 9.35. The minimum absolute atomic E-state index is 0.177. The number of benzene rings is 2. The zero-order chi connectivity index (χ0) is 22.1. The van der Waals surface area contributed by atoms with Gasteiger partial charge in [-0.15, -0.1) is 0 Å². The molecule has 0 radical (unpaired) electrons. The lowest BCUT2D eigenvalue weighted by Crippen LogP contribution is -2.59. The summed E-state index contributed by atoms with van der Waals surface area (Å²) in [5.74, 6) is -2.00. The van der Waals surface area contributed by atoms with Gasteiger partial charge in [0.05, 0.1) is 11.2 Å². The van der Waals surface area contributed by atoms with Gasteiger partial charge in [-0.3, -0.25) is 9.69 Å². The lowest BCUT2D eigenvalue weighted by molar-refractivity contribution is -0.0176. The molecule has 0 fully saturated rings. The zero-order valence-corrected chi connectivity index (χ0v) is 18.1. The van der Waals surface area contributed by atoms with E-state index in [1.165, 1.54) is 37.3 Å². The second kappa shape index (κ2) is 8.55. The molecule has 2 aromatic carbocycles. The number of hydrogen-bond donors (Lipinski definition) is 0. The minimum atomic E-state index is -0.836. The number of nitrogens with zero attached hydrogens (tertiary/aromatic N) is 3. The van der Waals surface area contributed by atoms with Crippen LogP contribution in [0.4, 0.5) is 19.3 Å². The Balaban J connectivity index is 2.43. The highest BCUT2D eigenvalue weighted by atomic mass is 35.5. The van der Waals surface area contributed by atoms with Crippen molar-refractivity contribution in [1.82, 2.24) is 10.0 Å². The molecule has 0 aromatic heterocycles. The van der Waals surface area contributed by atoms with Gasteiger partial charge in [0.1, 0.15) is 11.6 Å². The predicted molar refractivity (Wildman–Crippen MR) is 110 cm³/mol. The Hall–Kier alpha value is -2.38. The number of carbonyl (C=O) groups excluding carboxylic acids is 2. The summed E-state index contributed by atoms with van der Waals surface area (Å²) in [6, 6.07) is 6.39. The van der Waals surface area contributed by atoms with E-state index in [9.17, 15) is 18.4 Å². The number of anilines is 1. The Labute approximate surface area is 178 Å². The molecule has 0 aliphatic heterocycles. The van der Waals surface area contributed by atoms with Crippen LogP contribution in [0.2, 0.25) is 10.0 Å². The molecule has 9 heteroatoms. The van der Waals surface area contributed by atoms with Crippen molar-refractivity contribution in [3.8, 4) is 0 Å². The van der Waals surface area contributed by atoms with Crippen LogP contribution in [0.25, 0.3) is 0 Å². The number of hydrazine groups is 1. The molecule has 0 bridgehead atoms. The zero-order valence-electron chi connectivity index (χ0n) is 16.6. The lowest BCUT2D eigenvalue weighted by atomic mass is 10.1. The average molecular weight is 444 g/mol. The largest absolute Gasteiger partial charge is 0.342 e. The fourth-order valence-electron chi connectivity index (χ4n) is 2.84. The third-order valence-corrected chi connectivity index (χ3v) is 4.51. The Morgan fingerprint density at radius 1 is 0.931 bits per heavy atom. The van der Waals surface area contributed by atoms with Crippen molar-refractivity contribution in [1.29, 1.82) is 0 Å². The van der Waals surface area contributed by atoms with Gasteiger partial charge in [-0.2, -0.15) is 0 Å². The first kappa shape index (κ1) is 22.9. The van der Waals surface area contributed by atoms with Crippen LogP contribution in [0.5, 0.6) is 0 Å². The Kier molecular flexibility index (Phi) is 6.75. The number of hydrogen-bond acceptors (Lipinski definition) is 2. The van der Waals surface area contributed by atoms with E-state index in [1.54, 1.807) is 20.8 Å². The first-order valence-electron chi connectivity index (χ1n) is 8.60. The number of halogens is 4. The molecule has 0 aliphatic rings. The molecule has 0 saturated carbocycles. The third kappa shape index (κ3) is 5.16. The average Bonchev–Trinajstić information content (AvgIpc) is 2.60. The minimum Gasteiger partial charge on any atom is -0.293 e. The molecule has 0 saturated heterocycles. The van der Waals surface area contributed by atoms with Crippen LogP contribution in [0.1, 0.15) is 31.1 Å². The second-order valence-electron chi connectivity index (χ2n) is 7.41. The van der Waals surface area contributed by atoms with Crippen LogP contribution in [-0.2, 0) is 0 Å². The standard InChI is InChI=1S/C20H21Cl2F2N3O2/c1-20(2,3)27(18(28)12-8-13(21)10-14(22)9-12)26(5)19(29)25(4)17-11-15(23)6-7-16(17)24/h6-11H,1-5H3. The van der Waals surface area contributed by atoms with E-state index in [0.29, 0.717) is 0 Å². The van der Waals surface area contributed by atoms with Gasteiger partial charge < -0.3 is 0 Å². The SMILES string of the molecule is CN(C(=O)N(C)N(C(=O)c1cc(Cl)cc(Cl)c1)C(C)(C)C)c1cc(F)ccc1F. The van der Waals surface area contributed by atoms with Crippen LogP contribution >= 0.6 is 23.2 Å². The van der Waals surface area contributed by atoms with Gasteiger partial charge in [0.15, 0.2) is 0 Å². The molecule has 0 unspecified atom stereocenters. The summed E-state index contributed by atoms with van der Waals surface area (Å²) in [7, 11) is 2.66. The molecule has 29 heavy (non-hydrogen) atoms. The number of amides is 3. The van der Waals surface area contributed by atoms with E-state index < -0.39 is 29.1 Å². The van der Waals surface area contributed by atoms with Crippen molar-refractivity contribution in [3.63, 3.8) is 0 Å². The van der Waals surface area contributed by atoms with Crippen LogP contribution in [0.3, 0.4) is 0 Å². The highest BCUT2D eigenvalue weighted by molar-refractivity contribution is 6.35. The predicted octanol–water partition coefficient (Wildman–Crippen LogP) is 5.62. The Morgan fingerprint density at radius 3 is 2.00 bits per heavy atom. The summed E-state index contributed by atoms with van der Waals surface area (Å²) in [4.78, 5) is 27.1. The molecule has 0 aliphatic carbocycles. The quantitative estimate of drug-likeness (QED) is 0.565. The van der Waals surface area contributed by atoms with Gasteiger partial charge in [0.25, 0.3) is 5.91 Å². The van der Waals surface area contributed by atoms with Crippen molar-refractivity contribution < 1.29 is 18.4 Å². The summed E-state index contributed by atoms with van der Waals surface area (Å²) < 4.78 is 27.6. The van der Waals surface area contributed by atoms with Crippen LogP contribution in [0, 0.1) is 11.6 Å². The molecule has 2 aromatic rings. The summed E-state index contributed by atoms with van der Waals surface area (Å²) in [6.45, 7) is 5.18. The molecule has 156 valence electrons. The molecule has 0 spiro atoms. The van der Waals surface area contributed by atoms with E-state index >= 15 is 0 Å². The Bertz CT molecular complexity index is 928.